The molecule has 5 nitrogen and oxygen atoms in total. The third-order valence-corrected chi connectivity index (χ3v) is 7.76. The van der Waals surface area contributed by atoms with Crippen LogP contribution in [0.3, 0.4) is 0 Å². The van der Waals surface area contributed by atoms with Crippen LogP contribution in [0, 0.1) is 5.82 Å². The van der Waals surface area contributed by atoms with Crippen molar-refractivity contribution in [3.05, 3.63) is 65.0 Å². The highest BCUT2D eigenvalue weighted by Crippen LogP contribution is 2.26. The number of aryl methyl sites for hydroxylation is 3. The Kier molecular flexibility index (Phi) is 5.69. The van der Waals surface area contributed by atoms with Gasteiger partial charge in [-0.25, -0.2) is 12.8 Å². The molecule has 0 unspecified atom stereocenters. The molecule has 1 heterocycles. The minimum Gasteiger partial charge on any atom is -0.340 e. The fourth-order valence-electron chi connectivity index (χ4n) is 4.14. The summed E-state index contributed by atoms with van der Waals surface area (Å²) in [6.07, 6.45) is 3.59. The maximum absolute atomic E-state index is 13.7. The zero-order chi connectivity index (χ0) is 20.4. The number of amides is 1. The number of fused-ring (bicyclic) bond motifs is 1. The predicted octanol–water partition coefficient (Wildman–Crippen LogP) is 2.78. The molecule has 2 aliphatic rings. The van der Waals surface area contributed by atoms with Gasteiger partial charge in [-0.1, -0.05) is 24.3 Å². The first-order valence-electron chi connectivity index (χ1n) is 10.1. The second-order valence-corrected chi connectivity index (χ2v) is 9.60. The summed E-state index contributed by atoms with van der Waals surface area (Å²) in [6, 6.07) is 11.9. The Balaban J connectivity index is 1.35. The Hall–Kier alpha value is -2.25. The number of halogens is 1. The van der Waals surface area contributed by atoms with Gasteiger partial charge < -0.3 is 4.90 Å². The minimum absolute atomic E-state index is 0.0668. The molecule has 1 aliphatic carbocycles. The third kappa shape index (κ3) is 4.21. The average Bonchev–Trinajstić information content (AvgIpc) is 3.21. The lowest BCUT2D eigenvalue weighted by Crippen LogP contribution is -2.50. The van der Waals surface area contributed by atoms with Gasteiger partial charge in [-0.15, -0.1) is 0 Å². The van der Waals surface area contributed by atoms with Crippen LogP contribution in [-0.2, 0) is 34.1 Å². The van der Waals surface area contributed by atoms with Gasteiger partial charge in [0.25, 0.3) is 0 Å². The Morgan fingerprint density at radius 2 is 1.69 bits per heavy atom. The molecule has 154 valence electrons. The van der Waals surface area contributed by atoms with Gasteiger partial charge in [0.05, 0.1) is 4.90 Å². The van der Waals surface area contributed by atoms with E-state index in [0.717, 1.165) is 24.8 Å². The molecule has 2 aromatic rings. The zero-order valence-corrected chi connectivity index (χ0v) is 17.1. The summed E-state index contributed by atoms with van der Waals surface area (Å²) in [5.41, 5.74) is 2.90. The van der Waals surface area contributed by atoms with Gasteiger partial charge in [0.2, 0.25) is 15.9 Å². The van der Waals surface area contributed by atoms with Gasteiger partial charge in [0.15, 0.2) is 0 Å². The molecule has 0 radical (unpaired) electrons. The van der Waals surface area contributed by atoms with E-state index in [1.807, 2.05) is 12.1 Å². The van der Waals surface area contributed by atoms with Gasteiger partial charge in [-0.05, 0) is 60.6 Å². The number of carbonyl (C=O) groups is 1. The molecule has 2 aromatic carbocycles. The predicted molar refractivity (Wildman–Crippen MR) is 109 cm³/mol. The molecule has 1 fully saturated rings. The molecule has 1 amide bonds. The fourth-order valence-corrected chi connectivity index (χ4v) is 5.61. The van der Waals surface area contributed by atoms with Crippen molar-refractivity contribution in [2.75, 3.05) is 26.2 Å². The molecular formula is C22H25FN2O3S. The third-order valence-electron chi connectivity index (χ3n) is 5.87. The van der Waals surface area contributed by atoms with E-state index < -0.39 is 10.0 Å². The van der Waals surface area contributed by atoms with E-state index in [0.29, 0.717) is 30.0 Å². The highest BCUT2D eigenvalue weighted by Gasteiger charge is 2.30. The Morgan fingerprint density at radius 3 is 2.45 bits per heavy atom. The van der Waals surface area contributed by atoms with E-state index in [9.17, 15) is 17.6 Å². The minimum atomic E-state index is -3.55. The van der Waals surface area contributed by atoms with Crippen LogP contribution in [0.1, 0.15) is 29.5 Å². The molecule has 0 atom stereocenters. The lowest BCUT2D eigenvalue weighted by molar-refractivity contribution is -0.132. The molecule has 0 N–H and O–H groups in total. The topological polar surface area (TPSA) is 57.7 Å². The van der Waals surface area contributed by atoms with Crippen molar-refractivity contribution in [2.24, 2.45) is 0 Å². The van der Waals surface area contributed by atoms with Crippen molar-refractivity contribution < 1.29 is 17.6 Å². The smallest absolute Gasteiger partial charge is 0.243 e. The quantitative estimate of drug-likeness (QED) is 0.753. The molecule has 29 heavy (non-hydrogen) atoms. The van der Waals surface area contributed by atoms with E-state index in [-0.39, 0.29) is 31.2 Å². The number of benzene rings is 2. The first-order chi connectivity index (χ1) is 13.9. The first-order valence-corrected chi connectivity index (χ1v) is 11.5. The monoisotopic (exact) mass is 416 g/mol. The van der Waals surface area contributed by atoms with Crippen molar-refractivity contribution >= 4 is 15.9 Å². The Bertz CT molecular complexity index is 1010. The van der Waals surface area contributed by atoms with E-state index in [4.69, 9.17) is 0 Å². The zero-order valence-electron chi connectivity index (χ0n) is 16.3. The van der Waals surface area contributed by atoms with Crippen molar-refractivity contribution in [3.8, 4) is 0 Å². The van der Waals surface area contributed by atoms with Gasteiger partial charge >= 0.3 is 0 Å². The highest BCUT2D eigenvalue weighted by atomic mass is 32.2. The summed E-state index contributed by atoms with van der Waals surface area (Å²) in [7, 11) is -3.55. The number of nitrogens with zero attached hydrogens (tertiary/aromatic N) is 2. The van der Waals surface area contributed by atoms with Crippen LogP contribution in [-0.4, -0.2) is 49.7 Å². The van der Waals surface area contributed by atoms with Crippen LogP contribution >= 0.6 is 0 Å². The Morgan fingerprint density at radius 1 is 0.966 bits per heavy atom. The van der Waals surface area contributed by atoms with Gasteiger partial charge in [0, 0.05) is 32.6 Å². The summed E-state index contributed by atoms with van der Waals surface area (Å²) in [5.74, 6) is -0.367. The van der Waals surface area contributed by atoms with Crippen LogP contribution in [0.15, 0.2) is 47.4 Å². The van der Waals surface area contributed by atoms with Gasteiger partial charge in [0.1, 0.15) is 5.82 Å². The van der Waals surface area contributed by atoms with E-state index in [1.165, 1.54) is 15.9 Å². The summed E-state index contributed by atoms with van der Waals surface area (Å²) >= 11 is 0. The SMILES string of the molecule is O=C(CCc1ccccc1F)N1CCN(S(=O)(=O)c2ccc3c(c2)CCC3)CC1. The van der Waals surface area contributed by atoms with E-state index in [2.05, 4.69) is 0 Å². The fraction of sp³-hybridized carbons (Fsp3) is 0.409. The molecular weight excluding hydrogens is 391 g/mol. The lowest BCUT2D eigenvalue weighted by Gasteiger charge is -2.34. The number of sulfonamides is 1. The van der Waals surface area contributed by atoms with E-state index >= 15 is 0 Å². The van der Waals surface area contributed by atoms with Crippen molar-refractivity contribution in [1.29, 1.82) is 0 Å². The molecule has 0 spiro atoms. The second kappa shape index (κ2) is 8.24. The summed E-state index contributed by atoms with van der Waals surface area (Å²) < 4.78 is 41.2. The Labute approximate surface area is 171 Å². The van der Waals surface area contributed by atoms with Crippen LogP contribution in [0.2, 0.25) is 0 Å². The van der Waals surface area contributed by atoms with Crippen LogP contribution in [0.25, 0.3) is 0 Å². The van der Waals surface area contributed by atoms with Crippen molar-refractivity contribution in [3.63, 3.8) is 0 Å². The van der Waals surface area contributed by atoms with Crippen LogP contribution in [0.4, 0.5) is 4.39 Å². The molecule has 4 rings (SSSR count). The molecule has 0 bridgehead atoms. The molecule has 1 saturated heterocycles. The maximum atomic E-state index is 13.7. The summed E-state index contributed by atoms with van der Waals surface area (Å²) in [5, 5.41) is 0. The highest BCUT2D eigenvalue weighted by molar-refractivity contribution is 7.89. The largest absolute Gasteiger partial charge is 0.340 e. The summed E-state index contributed by atoms with van der Waals surface area (Å²) in [4.78, 5) is 14.5. The average molecular weight is 417 g/mol. The van der Waals surface area contributed by atoms with Crippen molar-refractivity contribution in [1.82, 2.24) is 9.21 Å². The van der Waals surface area contributed by atoms with Gasteiger partial charge in [-0.2, -0.15) is 4.31 Å². The van der Waals surface area contributed by atoms with Gasteiger partial charge in [-0.3, -0.25) is 4.79 Å². The standard InChI is InChI=1S/C22H25FN2O3S/c23-21-7-2-1-4-18(21)9-11-22(26)24-12-14-25(15-13-24)29(27,28)20-10-8-17-5-3-6-19(17)16-20/h1-2,4,7-8,10,16H,3,5-6,9,11-15H2. The first kappa shape index (κ1) is 20.0. The number of rotatable bonds is 5. The van der Waals surface area contributed by atoms with Crippen LogP contribution < -0.4 is 0 Å². The summed E-state index contributed by atoms with van der Waals surface area (Å²) in [6.45, 7) is 1.29. The number of hydrogen-bond acceptors (Lipinski definition) is 3. The second-order valence-electron chi connectivity index (χ2n) is 7.66. The number of hydrogen-bond donors (Lipinski definition) is 0. The molecule has 1 aliphatic heterocycles. The lowest BCUT2D eigenvalue weighted by atomic mass is 10.1. The van der Waals surface area contributed by atoms with E-state index in [1.54, 1.807) is 29.2 Å². The number of carbonyl (C=O) groups excluding carboxylic acids is 1. The van der Waals surface area contributed by atoms with Crippen LogP contribution in [0.5, 0.6) is 0 Å². The normalized spacial score (nSPS) is 17.3. The molecule has 7 heteroatoms. The molecule has 0 aromatic heterocycles. The molecule has 0 saturated carbocycles. The van der Waals surface area contributed by atoms with Crippen molar-refractivity contribution in [2.45, 2.75) is 37.0 Å². The maximum Gasteiger partial charge on any atom is 0.243 e. The number of piperazine rings is 1.